The monoisotopic (exact) mass is 310 g/mol. The summed E-state index contributed by atoms with van der Waals surface area (Å²) in [5, 5.41) is 0. The molecule has 0 unspecified atom stereocenters. The van der Waals surface area contributed by atoms with Crippen molar-refractivity contribution in [3.8, 4) is 0 Å². The molecule has 2 rings (SSSR count). The van der Waals surface area contributed by atoms with E-state index in [1.54, 1.807) is 0 Å². The molecule has 3 nitrogen and oxygen atoms in total. The van der Waals surface area contributed by atoms with Crippen LogP contribution >= 0.6 is 15.9 Å². The van der Waals surface area contributed by atoms with E-state index in [-0.39, 0.29) is 12.6 Å². The fourth-order valence-corrected chi connectivity index (χ4v) is 1.92. The van der Waals surface area contributed by atoms with Crippen molar-refractivity contribution < 1.29 is 14.3 Å². The molecule has 0 radical (unpaired) electrons. The second-order valence-corrected chi connectivity index (χ2v) is 6.01. The number of fused-ring (bicyclic) bond motifs is 1. The number of allylic oxidation sites excluding steroid dienone is 5. The maximum atomic E-state index is 12.1. The molecule has 0 aromatic rings. The summed E-state index contributed by atoms with van der Waals surface area (Å²) in [6.07, 6.45) is 7.48. The van der Waals surface area contributed by atoms with Crippen molar-refractivity contribution in [2.45, 2.75) is 26.4 Å². The third kappa shape index (κ3) is 2.93. The smallest absolute Gasteiger partial charge is 0.338 e. The van der Waals surface area contributed by atoms with Gasteiger partial charge in [0.2, 0.25) is 0 Å². The Labute approximate surface area is 115 Å². The quantitative estimate of drug-likeness (QED) is 0.696. The maximum Gasteiger partial charge on any atom is 0.338 e. The fraction of sp³-hybridized carbons (Fsp3) is 0.357. The van der Waals surface area contributed by atoms with Crippen LogP contribution in [0.5, 0.6) is 0 Å². The van der Waals surface area contributed by atoms with Gasteiger partial charge in [0.05, 0.1) is 5.57 Å². The second-order valence-electron chi connectivity index (χ2n) is 5.10. The van der Waals surface area contributed by atoms with Crippen LogP contribution in [0.2, 0.25) is 0 Å². The highest BCUT2D eigenvalue weighted by Crippen LogP contribution is 2.30. The van der Waals surface area contributed by atoms with Crippen molar-refractivity contribution in [1.29, 1.82) is 0 Å². The van der Waals surface area contributed by atoms with Gasteiger partial charge >= 0.3 is 5.97 Å². The van der Waals surface area contributed by atoms with Crippen LogP contribution in [0.1, 0.15) is 20.8 Å². The molecule has 0 saturated heterocycles. The molecule has 0 saturated carbocycles. The van der Waals surface area contributed by atoms with Crippen molar-refractivity contribution in [2.24, 2.45) is 0 Å². The van der Waals surface area contributed by atoms with Crippen LogP contribution in [0.25, 0.3) is 0 Å². The number of rotatable bonds is 1. The van der Waals surface area contributed by atoms with Crippen molar-refractivity contribution in [1.82, 2.24) is 0 Å². The zero-order chi connectivity index (χ0) is 13.3. The van der Waals surface area contributed by atoms with E-state index < -0.39 is 5.60 Å². The lowest BCUT2D eigenvalue weighted by Crippen LogP contribution is -2.25. The summed E-state index contributed by atoms with van der Waals surface area (Å²) in [6, 6.07) is 0. The Morgan fingerprint density at radius 2 is 2.06 bits per heavy atom. The SMILES string of the molecule is CC(C)(C)OC(=O)C1=C2C=CC(Br)=CC=C2OC1. The zero-order valence-corrected chi connectivity index (χ0v) is 12.2. The zero-order valence-electron chi connectivity index (χ0n) is 10.6. The first-order valence-corrected chi connectivity index (χ1v) is 6.51. The highest BCUT2D eigenvalue weighted by atomic mass is 79.9. The largest absolute Gasteiger partial charge is 0.488 e. The Bertz CT molecular complexity index is 502. The number of hydrogen-bond donors (Lipinski definition) is 0. The van der Waals surface area contributed by atoms with E-state index in [0.717, 1.165) is 10.1 Å². The standard InChI is InChI=1S/C14H15BrO3/c1-14(2,3)18-13(16)11-8-17-12-7-5-9(15)4-6-10(11)12/h4-7H,8H2,1-3H3. The molecule has 0 atom stereocenters. The van der Waals surface area contributed by atoms with Crippen molar-refractivity contribution in [3.63, 3.8) is 0 Å². The average molecular weight is 311 g/mol. The minimum Gasteiger partial charge on any atom is -0.488 e. The molecule has 1 aliphatic carbocycles. The third-order valence-electron chi connectivity index (χ3n) is 2.41. The van der Waals surface area contributed by atoms with E-state index in [1.165, 1.54) is 0 Å². The Morgan fingerprint density at radius 3 is 2.72 bits per heavy atom. The highest BCUT2D eigenvalue weighted by molar-refractivity contribution is 9.11. The Kier molecular flexibility index (Phi) is 3.48. The molecule has 96 valence electrons. The molecule has 4 heteroatoms. The summed E-state index contributed by atoms with van der Waals surface area (Å²) in [4.78, 5) is 12.1. The van der Waals surface area contributed by atoms with Crippen molar-refractivity contribution >= 4 is 21.9 Å². The first kappa shape index (κ1) is 13.1. The van der Waals surface area contributed by atoms with Crippen LogP contribution in [0.4, 0.5) is 0 Å². The summed E-state index contributed by atoms with van der Waals surface area (Å²) in [5.41, 5.74) is 0.877. The fourth-order valence-electron chi connectivity index (χ4n) is 1.66. The summed E-state index contributed by atoms with van der Waals surface area (Å²) < 4.78 is 11.8. The molecule has 0 aromatic heterocycles. The number of ether oxygens (including phenoxy) is 2. The maximum absolute atomic E-state index is 12.1. The number of hydrogen-bond acceptors (Lipinski definition) is 3. The molecule has 1 aliphatic heterocycles. The van der Waals surface area contributed by atoms with Crippen molar-refractivity contribution in [3.05, 3.63) is 45.7 Å². The molecule has 2 aliphatic rings. The first-order chi connectivity index (χ1) is 8.37. The van der Waals surface area contributed by atoms with Gasteiger partial charge in [-0.05, 0) is 45.1 Å². The molecule has 0 bridgehead atoms. The van der Waals surface area contributed by atoms with Gasteiger partial charge in [0.25, 0.3) is 0 Å². The first-order valence-electron chi connectivity index (χ1n) is 5.72. The van der Waals surface area contributed by atoms with Gasteiger partial charge < -0.3 is 9.47 Å². The van der Waals surface area contributed by atoms with Gasteiger partial charge in [0.15, 0.2) is 0 Å². The van der Waals surface area contributed by atoms with Crippen molar-refractivity contribution in [2.75, 3.05) is 6.61 Å². The van der Waals surface area contributed by atoms with E-state index in [1.807, 2.05) is 45.1 Å². The Balaban J connectivity index is 2.30. The van der Waals surface area contributed by atoms with E-state index in [4.69, 9.17) is 9.47 Å². The van der Waals surface area contributed by atoms with Crippen LogP contribution in [-0.4, -0.2) is 18.2 Å². The van der Waals surface area contributed by atoms with E-state index in [0.29, 0.717) is 11.3 Å². The van der Waals surface area contributed by atoms with Crippen LogP contribution in [0.15, 0.2) is 45.7 Å². The van der Waals surface area contributed by atoms with Crippen LogP contribution < -0.4 is 0 Å². The summed E-state index contributed by atoms with van der Waals surface area (Å²) in [5.74, 6) is 0.394. The van der Waals surface area contributed by atoms with E-state index in [9.17, 15) is 4.79 Å². The molecule has 1 heterocycles. The number of carbonyl (C=O) groups is 1. The summed E-state index contributed by atoms with van der Waals surface area (Å²) >= 11 is 3.39. The molecule has 0 amide bonds. The number of halogens is 1. The van der Waals surface area contributed by atoms with Gasteiger partial charge in [-0.25, -0.2) is 4.79 Å². The molecular formula is C14H15BrO3. The van der Waals surface area contributed by atoms with Crippen LogP contribution in [0.3, 0.4) is 0 Å². The normalized spacial score (nSPS) is 18.7. The van der Waals surface area contributed by atoms with Crippen LogP contribution in [0, 0.1) is 0 Å². The average Bonchev–Trinajstić information content (AvgIpc) is 2.56. The lowest BCUT2D eigenvalue weighted by Gasteiger charge is -2.19. The van der Waals surface area contributed by atoms with E-state index in [2.05, 4.69) is 15.9 Å². The van der Waals surface area contributed by atoms with Crippen LogP contribution in [-0.2, 0) is 14.3 Å². The molecule has 0 aromatic carbocycles. The minimum atomic E-state index is -0.496. The molecule has 0 fully saturated rings. The summed E-state index contributed by atoms with van der Waals surface area (Å²) in [7, 11) is 0. The Morgan fingerprint density at radius 1 is 1.33 bits per heavy atom. The second kappa shape index (κ2) is 4.76. The summed E-state index contributed by atoms with van der Waals surface area (Å²) in [6.45, 7) is 5.82. The van der Waals surface area contributed by atoms with E-state index >= 15 is 0 Å². The van der Waals surface area contributed by atoms with Gasteiger partial charge in [-0.1, -0.05) is 15.9 Å². The topological polar surface area (TPSA) is 35.5 Å². The highest BCUT2D eigenvalue weighted by Gasteiger charge is 2.29. The van der Waals surface area contributed by atoms with Gasteiger partial charge in [-0.15, -0.1) is 0 Å². The lowest BCUT2D eigenvalue weighted by molar-refractivity contribution is -0.150. The van der Waals surface area contributed by atoms with Gasteiger partial charge in [-0.2, -0.15) is 0 Å². The Hall–Kier alpha value is -1.29. The molecule has 0 spiro atoms. The third-order valence-corrected chi connectivity index (χ3v) is 2.94. The minimum absolute atomic E-state index is 0.270. The van der Waals surface area contributed by atoms with Gasteiger partial charge in [0.1, 0.15) is 18.0 Å². The molecule has 0 N–H and O–H groups in total. The van der Waals surface area contributed by atoms with Gasteiger partial charge in [-0.3, -0.25) is 0 Å². The predicted octanol–water partition coefficient (Wildman–Crippen LogP) is 3.39. The molecular weight excluding hydrogens is 296 g/mol. The number of carbonyl (C=O) groups excluding carboxylic acids is 1. The number of esters is 1. The predicted molar refractivity (Wildman–Crippen MR) is 73.1 cm³/mol. The molecule has 18 heavy (non-hydrogen) atoms. The lowest BCUT2D eigenvalue weighted by atomic mass is 10.1. The van der Waals surface area contributed by atoms with Gasteiger partial charge in [0, 0.05) is 10.1 Å².